The average molecular weight is 516 g/mol. The molecule has 0 saturated heterocycles. The number of pyridine rings is 1. The maximum atomic E-state index is 15.2. The fraction of sp³-hybridized carbons (Fsp3) is 0.458. The number of nitrogens with zero attached hydrogens (tertiary/aromatic N) is 2. The van der Waals surface area contributed by atoms with E-state index in [1.54, 1.807) is 6.92 Å². The largest absolute Gasteiger partial charge is 0.417 e. The Hall–Kier alpha value is -3.15. The number of aliphatic imine (C=N–C) groups is 1. The van der Waals surface area contributed by atoms with Gasteiger partial charge in [0, 0.05) is 36.7 Å². The van der Waals surface area contributed by atoms with E-state index in [2.05, 4.69) is 15.3 Å². The first-order valence-electron chi connectivity index (χ1n) is 11.2. The third-order valence-corrected chi connectivity index (χ3v) is 6.36. The number of halogens is 6. The average Bonchev–Trinajstić information content (AvgIpc) is 2.97. The van der Waals surface area contributed by atoms with Crippen LogP contribution in [0.2, 0.25) is 0 Å². The number of benzene rings is 1. The molecule has 1 aromatic carbocycles. The Kier molecular flexibility index (Phi) is 7.68. The van der Waals surface area contributed by atoms with Crippen molar-refractivity contribution in [3.05, 3.63) is 59.2 Å². The molecule has 3 atom stereocenters. The summed E-state index contributed by atoms with van der Waals surface area (Å²) in [5, 5.41) is 13.0. The number of anilines is 1. The van der Waals surface area contributed by atoms with Gasteiger partial charge >= 0.3 is 6.18 Å². The third-order valence-electron chi connectivity index (χ3n) is 6.36. The second kappa shape index (κ2) is 10.1. The first-order chi connectivity index (χ1) is 16.7. The molecule has 196 valence electrons. The van der Waals surface area contributed by atoms with Gasteiger partial charge in [-0.2, -0.15) is 13.2 Å². The molecule has 1 aromatic heterocycles. The molecule has 0 saturated carbocycles. The normalized spacial score (nSPS) is 21.9. The topological polar surface area (TPSA) is 101 Å². The van der Waals surface area contributed by atoms with Crippen molar-refractivity contribution in [3.63, 3.8) is 0 Å². The zero-order valence-corrected chi connectivity index (χ0v) is 19.5. The Morgan fingerprint density at radius 3 is 2.50 bits per heavy atom. The second-order valence-corrected chi connectivity index (χ2v) is 8.86. The summed E-state index contributed by atoms with van der Waals surface area (Å²) in [7, 11) is 0. The first kappa shape index (κ1) is 27.4. The summed E-state index contributed by atoms with van der Waals surface area (Å²) in [5.74, 6) is -6.25. The number of rotatable bonds is 6. The van der Waals surface area contributed by atoms with Gasteiger partial charge < -0.3 is 16.2 Å². The first-order valence-corrected chi connectivity index (χ1v) is 11.2. The Morgan fingerprint density at radius 2 is 1.94 bits per heavy atom. The molecule has 4 N–H and O–H groups in total. The van der Waals surface area contributed by atoms with E-state index >= 15 is 4.39 Å². The number of nitrogens with one attached hydrogen (secondary N) is 1. The van der Waals surface area contributed by atoms with E-state index in [4.69, 9.17) is 5.73 Å². The minimum Gasteiger partial charge on any atom is -0.387 e. The van der Waals surface area contributed by atoms with E-state index in [1.165, 1.54) is 12.1 Å². The summed E-state index contributed by atoms with van der Waals surface area (Å²) in [5.41, 5.74) is 2.85. The van der Waals surface area contributed by atoms with Gasteiger partial charge in [-0.3, -0.25) is 14.8 Å². The molecule has 6 nitrogen and oxygen atoms in total. The lowest BCUT2D eigenvalue weighted by molar-refractivity contribution is -0.137. The van der Waals surface area contributed by atoms with Gasteiger partial charge in [-0.25, -0.2) is 13.2 Å². The predicted octanol–water partition coefficient (Wildman–Crippen LogP) is 5.27. The highest BCUT2D eigenvalue weighted by Gasteiger charge is 2.51. The number of carbonyl (C=O) groups excluding carboxylic acids is 1. The number of aliphatic hydroxyl groups is 1. The number of amidine groups is 1. The summed E-state index contributed by atoms with van der Waals surface area (Å²) in [6.45, 7) is 2.17. The Morgan fingerprint density at radius 1 is 1.25 bits per heavy atom. The molecule has 0 unspecified atom stereocenters. The lowest BCUT2D eigenvalue weighted by atomic mass is 9.70. The molecule has 0 spiro atoms. The third kappa shape index (κ3) is 5.63. The molecule has 1 amide bonds. The van der Waals surface area contributed by atoms with Crippen LogP contribution in [0.4, 0.5) is 32.0 Å². The summed E-state index contributed by atoms with van der Waals surface area (Å²) in [4.78, 5) is 20.5. The summed E-state index contributed by atoms with van der Waals surface area (Å²) in [6, 6.07) is 5.00. The maximum absolute atomic E-state index is 15.2. The quantitative estimate of drug-likeness (QED) is 0.456. The molecule has 1 aliphatic rings. The van der Waals surface area contributed by atoms with E-state index in [9.17, 15) is 31.9 Å². The van der Waals surface area contributed by atoms with Crippen molar-refractivity contribution in [3.8, 4) is 0 Å². The Labute approximate surface area is 203 Å². The van der Waals surface area contributed by atoms with E-state index in [0.29, 0.717) is 25.6 Å². The van der Waals surface area contributed by atoms with Crippen molar-refractivity contribution >= 4 is 17.4 Å². The van der Waals surface area contributed by atoms with Crippen LogP contribution in [0.25, 0.3) is 0 Å². The molecule has 36 heavy (non-hydrogen) atoms. The minimum atomic E-state index is -4.63. The predicted molar refractivity (Wildman–Crippen MR) is 121 cm³/mol. The van der Waals surface area contributed by atoms with Gasteiger partial charge in [-0.15, -0.1) is 0 Å². The van der Waals surface area contributed by atoms with Crippen LogP contribution in [0.3, 0.4) is 0 Å². The number of hydrogen-bond acceptors (Lipinski definition) is 5. The molecule has 3 rings (SSSR count). The van der Waals surface area contributed by atoms with Crippen molar-refractivity contribution in [1.29, 1.82) is 0 Å². The number of amides is 1. The smallest absolute Gasteiger partial charge is 0.387 e. The standard InChI is InChI=1S/C24H26F6N4O2/c1-3-23(15(20(35)22(2,26)27)5-4-6-19(31)34-23)16-11-14(8-9-17(16)25)33-21(36)18-10-7-13(12-32-18)24(28,29)30/h7-12,15,20,35H,3-6H2,1-2H3,(H2,31,34)(H,33,36)/t15-,20+,23+/m1/s1. The number of hydrogen-bond donors (Lipinski definition) is 3. The molecular formula is C24H26F6N4O2. The molecule has 0 bridgehead atoms. The number of alkyl halides is 5. The lowest BCUT2D eigenvalue weighted by Crippen LogP contribution is -2.48. The van der Waals surface area contributed by atoms with Gasteiger partial charge in [-0.05, 0) is 49.6 Å². The monoisotopic (exact) mass is 516 g/mol. The second-order valence-electron chi connectivity index (χ2n) is 8.86. The maximum Gasteiger partial charge on any atom is 0.417 e. The minimum absolute atomic E-state index is 0.0142. The van der Waals surface area contributed by atoms with Gasteiger partial charge in [0.2, 0.25) is 0 Å². The van der Waals surface area contributed by atoms with E-state index in [1.807, 2.05) is 0 Å². The van der Waals surface area contributed by atoms with Crippen molar-refractivity contribution in [2.45, 2.75) is 63.3 Å². The molecule has 12 heteroatoms. The highest BCUT2D eigenvalue weighted by Crippen LogP contribution is 2.47. The van der Waals surface area contributed by atoms with E-state index in [0.717, 1.165) is 12.1 Å². The SMILES string of the molecule is CC[C@]1(c2cc(NC(=O)c3ccc(C(F)(F)F)cn3)ccc2F)N=C(N)CCC[C@@H]1[C@H](O)C(C)(F)F. The molecule has 0 radical (unpaired) electrons. The van der Waals surface area contributed by atoms with Crippen LogP contribution in [0.5, 0.6) is 0 Å². The highest BCUT2D eigenvalue weighted by atomic mass is 19.4. The summed E-state index contributed by atoms with van der Waals surface area (Å²) < 4.78 is 81.9. The molecule has 2 aromatic rings. The fourth-order valence-corrected chi connectivity index (χ4v) is 4.53. The number of aliphatic hydroxyl groups excluding tert-OH is 1. The van der Waals surface area contributed by atoms with Crippen molar-refractivity contribution in [2.75, 3.05) is 5.32 Å². The van der Waals surface area contributed by atoms with Crippen LogP contribution in [0, 0.1) is 11.7 Å². The van der Waals surface area contributed by atoms with Crippen LogP contribution in [0.1, 0.15) is 61.1 Å². The summed E-state index contributed by atoms with van der Waals surface area (Å²) >= 11 is 0. The van der Waals surface area contributed by atoms with Crippen LogP contribution in [-0.4, -0.2) is 33.9 Å². The molecule has 0 aliphatic carbocycles. The van der Waals surface area contributed by atoms with Gasteiger partial charge in [0.15, 0.2) is 0 Å². The van der Waals surface area contributed by atoms with Gasteiger partial charge in [0.05, 0.1) is 16.9 Å². The molecule has 2 heterocycles. The zero-order chi connectivity index (χ0) is 26.9. The van der Waals surface area contributed by atoms with Gasteiger partial charge in [-0.1, -0.05) is 6.92 Å². The van der Waals surface area contributed by atoms with E-state index in [-0.39, 0.29) is 42.0 Å². The van der Waals surface area contributed by atoms with Crippen LogP contribution >= 0.6 is 0 Å². The molecular weight excluding hydrogens is 490 g/mol. The van der Waals surface area contributed by atoms with Crippen LogP contribution < -0.4 is 11.1 Å². The van der Waals surface area contributed by atoms with Crippen molar-refractivity contribution < 1.29 is 36.2 Å². The van der Waals surface area contributed by atoms with Crippen molar-refractivity contribution in [1.82, 2.24) is 4.98 Å². The van der Waals surface area contributed by atoms with Crippen molar-refractivity contribution in [2.24, 2.45) is 16.6 Å². The zero-order valence-electron chi connectivity index (χ0n) is 19.5. The number of nitrogens with two attached hydrogens (primary N) is 1. The van der Waals surface area contributed by atoms with Crippen LogP contribution in [-0.2, 0) is 11.7 Å². The van der Waals surface area contributed by atoms with Gasteiger partial charge in [0.1, 0.15) is 17.6 Å². The Bertz CT molecular complexity index is 1130. The fourth-order valence-electron chi connectivity index (χ4n) is 4.53. The van der Waals surface area contributed by atoms with Gasteiger partial charge in [0.25, 0.3) is 11.8 Å². The highest BCUT2D eigenvalue weighted by molar-refractivity contribution is 6.02. The molecule has 0 fully saturated rings. The Balaban J connectivity index is 2.02. The van der Waals surface area contributed by atoms with Crippen LogP contribution in [0.15, 0.2) is 41.5 Å². The number of aromatic nitrogens is 1. The van der Waals surface area contributed by atoms with E-state index < -0.39 is 46.9 Å². The lowest BCUT2D eigenvalue weighted by Gasteiger charge is -2.41. The number of carbonyl (C=O) groups is 1. The molecule has 1 aliphatic heterocycles. The summed E-state index contributed by atoms with van der Waals surface area (Å²) in [6.07, 6.45) is -5.53.